The van der Waals surface area contributed by atoms with Gasteiger partial charge < -0.3 is 15.0 Å². The summed E-state index contributed by atoms with van der Waals surface area (Å²) in [5.41, 5.74) is 4.14. The molecule has 2 rings (SSSR count). The van der Waals surface area contributed by atoms with E-state index in [9.17, 15) is 9.59 Å². The van der Waals surface area contributed by atoms with Gasteiger partial charge in [0.2, 0.25) is 11.8 Å². The summed E-state index contributed by atoms with van der Waals surface area (Å²) in [5, 5.41) is 2.68. The molecule has 0 spiro atoms. The molecule has 1 atom stereocenters. The number of methoxy groups -OCH3 is 1. The molecule has 2 aromatic carbocycles. The third-order valence-corrected chi connectivity index (χ3v) is 4.76. The lowest BCUT2D eigenvalue weighted by Gasteiger charge is -2.30. The van der Waals surface area contributed by atoms with E-state index in [0.29, 0.717) is 13.0 Å². The Morgan fingerprint density at radius 2 is 1.75 bits per heavy atom. The second-order valence-electron chi connectivity index (χ2n) is 7.08. The highest BCUT2D eigenvalue weighted by atomic mass is 16.5. The van der Waals surface area contributed by atoms with Gasteiger partial charge in [-0.3, -0.25) is 9.59 Å². The van der Waals surface area contributed by atoms with Gasteiger partial charge in [0.25, 0.3) is 0 Å². The number of carbonyl (C=O) groups is 2. The maximum absolute atomic E-state index is 13.2. The Balaban J connectivity index is 2.32. The molecule has 150 valence electrons. The second-order valence-corrected chi connectivity index (χ2v) is 7.08. The number of nitrogens with one attached hydrogen (secondary N) is 1. The van der Waals surface area contributed by atoms with Crippen LogP contribution in [0.1, 0.15) is 35.6 Å². The third kappa shape index (κ3) is 5.59. The van der Waals surface area contributed by atoms with Crippen molar-refractivity contribution in [1.82, 2.24) is 10.2 Å². The molecule has 0 heterocycles. The van der Waals surface area contributed by atoms with Crippen LogP contribution in [0.15, 0.2) is 42.5 Å². The van der Waals surface area contributed by atoms with Gasteiger partial charge in [-0.1, -0.05) is 48.4 Å². The Kier molecular flexibility index (Phi) is 7.61. The molecule has 0 radical (unpaired) electrons. The molecule has 28 heavy (non-hydrogen) atoms. The maximum atomic E-state index is 13.2. The predicted octanol–water partition coefficient (Wildman–Crippen LogP) is 3.41. The zero-order valence-corrected chi connectivity index (χ0v) is 17.4. The number of carbonyl (C=O) groups excluding carboxylic acids is 2. The van der Waals surface area contributed by atoms with Gasteiger partial charge >= 0.3 is 0 Å². The Labute approximate surface area is 167 Å². The van der Waals surface area contributed by atoms with E-state index in [2.05, 4.69) is 11.4 Å². The van der Waals surface area contributed by atoms with E-state index in [4.69, 9.17) is 4.74 Å². The van der Waals surface area contributed by atoms with Crippen LogP contribution in [0.2, 0.25) is 0 Å². The summed E-state index contributed by atoms with van der Waals surface area (Å²) < 4.78 is 5.29. The van der Waals surface area contributed by atoms with E-state index in [1.54, 1.807) is 19.1 Å². The number of hydrogen-bond donors (Lipinski definition) is 1. The molecule has 0 unspecified atom stereocenters. The van der Waals surface area contributed by atoms with Gasteiger partial charge in [-0.15, -0.1) is 0 Å². The number of rotatable bonds is 8. The highest BCUT2D eigenvalue weighted by Gasteiger charge is 2.28. The van der Waals surface area contributed by atoms with Crippen LogP contribution in [0.25, 0.3) is 0 Å². The summed E-state index contributed by atoms with van der Waals surface area (Å²) in [7, 11) is 3.21. The molecule has 0 fully saturated rings. The number of aryl methyl sites for hydroxylation is 2. The molecule has 2 amide bonds. The first-order chi connectivity index (χ1) is 13.4. The Bertz CT molecular complexity index is 812. The van der Waals surface area contributed by atoms with E-state index in [-0.39, 0.29) is 18.2 Å². The van der Waals surface area contributed by atoms with Crippen molar-refractivity contribution in [3.05, 3.63) is 64.7 Å². The van der Waals surface area contributed by atoms with Gasteiger partial charge in [0.15, 0.2) is 0 Å². The summed E-state index contributed by atoms with van der Waals surface area (Å²) >= 11 is 0. The summed E-state index contributed by atoms with van der Waals surface area (Å²) in [6, 6.07) is 13.2. The average molecular weight is 383 g/mol. The van der Waals surface area contributed by atoms with Crippen LogP contribution in [0.3, 0.4) is 0 Å². The van der Waals surface area contributed by atoms with Crippen molar-refractivity contribution in [2.24, 2.45) is 0 Å². The molecule has 0 aromatic heterocycles. The number of likely N-dealkylation sites (N-methyl/N-ethyl adjacent to an activating group) is 1. The monoisotopic (exact) mass is 382 g/mol. The molecule has 0 aliphatic heterocycles. The van der Waals surface area contributed by atoms with Crippen LogP contribution in [0.4, 0.5) is 0 Å². The van der Waals surface area contributed by atoms with Gasteiger partial charge in [0.1, 0.15) is 11.8 Å². The standard InChI is InChI=1S/C23H30N2O3/c1-6-21(23(27)24-4)25(15-18-8-7-9-20(13-18)28-5)22(26)14-19-11-16(2)10-17(3)12-19/h7-13,21H,6,14-15H2,1-5H3,(H,24,27)/t21-/m0/s1. The second kappa shape index (κ2) is 9.93. The first-order valence-electron chi connectivity index (χ1n) is 9.59. The molecular weight excluding hydrogens is 352 g/mol. The van der Waals surface area contributed by atoms with Crippen molar-refractivity contribution < 1.29 is 14.3 Å². The largest absolute Gasteiger partial charge is 0.497 e. The normalized spacial score (nSPS) is 11.6. The van der Waals surface area contributed by atoms with Crippen LogP contribution < -0.4 is 10.1 Å². The molecule has 0 bridgehead atoms. The Morgan fingerprint density at radius 1 is 1.07 bits per heavy atom. The number of benzene rings is 2. The molecule has 5 nitrogen and oxygen atoms in total. The lowest BCUT2D eigenvalue weighted by molar-refractivity contribution is -0.140. The van der Waals surface area contributed by atoms with E-state index in [1.165, 1.54) is 0 Å². The van der Waals surface area contributed by atoms with Crippen LogP contribution in [-0.2, 0) is 22.6 Å². The summed E-state index contributed by atoms with van der Waals surface area (Å²) in [4.78, 5) is 27.3. The molecule has 0 saturated heterocycles. The fourth-order valence-electron chi connectivity index (χ4n) is 3.50. The number of amides is 2. The van der Waals surface area contributed by atoms with Crippen molar-refractivity contribution in [2.45, 2.75) is 46.2 Å². The van der Waals surface area contributed by atoms with Crippen LogP contribution in [-0.4, -0.2) is 36.9 Å². The van der Waals surface area contributed by atoms with Crippen LogP contribution >= 0.6 is 0 Å². The molecule has 0 saturated carbocycles. The van der Waals surface area contributed by atoms with Crippen LogP contribution in [0.5, 0.6) is 5.75 Å². The summed E-state index contributed by atoms with van der Waals surface area (Å²) in [6.45, 7) is 6.32. The van der Waals surface area contributed by atoms with Crippen molar-refractivity contribution >= 4 is 11.8 Å². The van der Waals surface area contributed by atoms with Crippen molar-refractivity contribution in [1.29, 1.82) is 0 Å². The van der Waals surface area contributed by atoms with E-state index >= 15 is 0 Å². The van der Waals surface area contributed by atoms with Gasteiger partial charge in [0, 0.05) is 13.6 Å². The Hall–Kier alpha value is -2.82. The first kappa shape index (κ1) is 21.5. The first-order valence-corrected chi connectivity index (χ1v) is 9.59. The smallest absolute Gasteiger partial charge is 0.242 e. The minimum absolute atomic E-state index is 0.0664. The molecular formula is C23H30N2O3. The fourth-order valence-corrected chi connectivity index (χ4v) is 3.50. The molecule has 1 N–H and O–H groups in total. The number of nitrogens with zero attached hydrogens (tertiary/aromatic N) is 1. The summed E-state index contributed by atoms with van der Waals surface area (Å²) in [6.07, 6.45) is 0.808. The quantitative estimate of drug-likeness (QED) is 0.761. The van der Waals surface area contributed by atoms with Crippen molar-refractivity contribution in [2.75, 3.05) is 14.2 Å². The van der Waals surface area contributed by atoms with E-state index in [1.807, 2.05) is 57.2 Å². The minimum atomic E-state index is -0.519. The average Bonchev–Trinajstić information content (AvgIpc) is 2.66. The summed E-state index contributed by atoms with van der Waals surface area (Å²) in [5.74, 6) is 0.509. The topological polar surface area (TPSA) is 58.6 Å². The van der Waals surface area contributed by atoms with Gasteiger partial charge in [-0.05, 0) is 43.5 Å². The minimum Gasteiger partial charge on any atom is -0.497 e. The number of hydrogen-bond acceptors (Lipinski definition) is 3. The zero-order valence-electron chi connectivity index (χ0n) is 17.4. The van der Waals surface area contributed by atoms with E-state index in [0.717, 1.165) is 28.0 Å². The van der Waals surface area contributed by atoms with Crippen LogP contribution in [0, 0.1) is 13.8 Å². The highest BCUT2D eigenvalue weighted by molar-refractivity contribution is 5.88. The van der Waals surface area contributed by atoms with E-state index < -0.39 is 6.04 Å². The van der Waals surface area contributed by atoms with Crippen molar-refractivity contribution in [3.63, 3.8) is 0 Å². The van der Waals surface area contributed by atoms with Gasteiger partial charge in [-0.2, -0.15) is 0 Å². The fraction of sp³-hybridized carbons (Fsp3) is 0.391. The SMILES string of the molecule is CC[C@@H](C(=O)NC)N(Cc1cccc(OC)c1)C(=O)Cc1cc(C)cc(C)c1. The molecule has 0 aliphatic rings. The lowest BCUT2D eigenvalue weighted by atomic mass is 10.0. The van der Waals surface area contributed by atoms with Crippen molar-refractivity contribution in [3.8, 4) is 5.75 Å². The molecule has 0 aliphatic carbocycles. The predicted molar refractivity (Wildman–Crippen MR) is 111 cm³/mol. The lowest BCUT2D eigenvalue weighted by Crippen LogP contribution is -2.48. The molecule has 5 heteroatoms. The highest BCUT2D eigenvalue weighted by Crippen LogP contribution is 2.19. The number of ether oxygens (including phenoxy) is 1. The molecule has 2 aromatic rings. The van der Waals surface area contributed by atoms with Gasteiger partial charge in [-0.25, -0.2) is 0 Å². The Morgan fingerprint density at radius 3 is 2.32 bits per heavy atom. The zero-order chi connectivity index (χ0) is 20.7. The maximum Gasteiger partial charge on any atom is 0.242 e. The van der Waals surface area contributed by atoms with Gasteiger partial charge in [0.05, 0.1) is 13.5 Å². The third-order valence-electron chi connectivity index (χ3n) is 4.76.